The molecule has 3 nitrogen and oxygen atoms in total. The highest BCUT2D eigenvalue weighted by Crippen LogP contribution is 2.34. The average molecular weight is 511 g/mol. The number of hydrogen-bond donors (Lipinski definition) is 0. The Kier molecular flexibility index (Phi) is 10.2. The van der Waals surface area contributed by atoms with E-state index in [4.69, 9.17) is 14.2 Å². The number of hydrogen-bond acceptors (Lipinski definition) is 3. The molecule has 0 saturated heterocycles. The van der Waals surface area contributed by atoms with Gasteiger partial charge >= 0.3 is 0 Å². The summed E-state index contributed by atoms with van der Waals surface area (Å²) in [5.41, 5.74) is 6.91. The first kappa shape index (κ1) is 27.7. The molecule has 0 spiro atoms. The van der Waals surface area contributed by atoms with Crippen LogP contribution >= 0.6 is 0 Å². The average Bonchev–Trinajstić information content (AvgIpc) is 2.94. The Morgan fingerprint density at radius 3 is 1.71 bits per heavy atom. The smallest absolute Gasteiger partial charge is 0.119 e. The Morgan fingerprint density at radius 1 is 0.632 bits per heavy atom. The minimum absolute atomic E-state index is 0.185. The van der Waals surface area contributed by atoms with Crippen molar-refractivity contribution < 1.29 is 14.2 Å². The molecule has 3 heteroatoms. The van der Waals surface area contributed by atoms with Crippen molar-refractivity contribution in [1.29, 1.82) is 0 Å². The maximum absolute atomic E-state index is 5.90. The molecule has 4 rings (SSSR count). The second-order valence-corrected chi connectivity index (χ2v) is 10.7. The van der Waals surface area contributed by atoms with Gasteiger partial charge in [-0.25, -0.2) is 0 Å². The van der Waals surface area contributed by atoms with Crippen molar-refractivity contribution in [2.45, 2.75) is 52.9 Å². The normalized spacial score (nSPS) is 16.8. The van der Waals surface area contributed by atoms with Gasteiger partial charge in [-0.1, -0.05) is 84.8 Å². The third-order valence-electron chi connectivity index (χ3n) is 7.26. The van der Waals surface area contributed by atoms with E-state index in [0.29, 0.717) is 26.4 Å². The summed E-state index contributed by atoms with van der Waals surface area (Å²) in [6.45, 7) is 8.76. The Labute approximate surface area is 229 Å². The van der Waals surface area contributed by atoms with Crippen LogP contribution in [-0.4, -0.2) is 26.4 Å². The van der Waals surface area contributed by atoms with Crippen molar-refractivity contribution in [3.05, 3.63) is 125 Å². The molecule has 200 valence electrons. The summed E-state index contributed by atoms with van der Waals surface area (Å²) in [5.74, 6) is 1.83. The van der Waals surface area contributed by atoms with Crippen LogP contribution in [0.2, 0.25) is 0 Å². The molecule has 1 atom stereocenters. The molecular formula is C35H42O3. The van der Waals surface area contributed by atoms with Crippen molar-refractivity contribution >= 4 is 0 Å². The molecular weight excluding hydrogens is 468 g/mol. The first-order chi connectivity index (χ1) is 18.5. The van der Waals surface area contributed by atoms with Crippen molar-refractivity contribution in [2.75, 3.05) is 26.4 Å². The van der Waals surface area contributed by atoms with Crippen LogP contribution in [0.3, 0.4) is 0 Å². The van der Waals surface area contributed by atoms with Crippen LogP contribution in [0, 0.1) is 19.3 Å². The number of ether oxygens (including phenoxy) is 3. The van der Waals surface area contributed by atoms with Gasteiger partial charge in [0.2, 0.25) is 0 Å². The van der Waals surface area contributed by atoms with Gasteiger partial charge in [-0.15, -0.1) is 0 Å². The molecule has 0 radical (unpaired) electrons. The van der Waals surface area contributed by atoms with E-state index >= 15 is 0 Å². The maximum Gasteiger partial charge on any atom is 0.119 e. The molecule has 38 heavy (non-hydrogen) atoms. The van der Waals surface area contributed by atoms with Gasteiger partial charge in [0.15, 0.2) is 0 Å². The molecule has 0 fully saturated rings. The fourth-order valence-corrected chi connectivity index (χ4v) is 4.56. The van der Waals surface area contributed by atoms with Gasteiger partial charge < -0.3 is 14.2 Å². The fraction of sp³-hybridized carbons (Fsp3) is 0.371. The van der Waals surface area contributed by atoms with Crippen LogP contribution in [0.25, 0.3) is 0 Å². The lowest BCUT2D eigenvalue weighted by Crippen LogP contribution is -2.17. The van der Waals surface area contributed by atoms with Crippen molar-refractivity contribution in [3.63, 3.8) is 0 Å². The van der Waals surface area contributed by atoms with Crippen molar-refractivity contribution in [2.24, 2.45) is 5.41 Å². The standard InChI is InChI=1S/C35H42O3/c1-28-4-8-30(9-5-28)12-13-31-14-16-33(17-15-31)37-26-24-36-25-27-38-34-19-22-35(3,23-20-34)21-18-32-10-6-29(2)7-11-32/h4-11,14-17,19-20,22H,12-13,18,21,23-27H2,1-3H3. The van der Waals surface area contributed by atoms with Crippen molar-refractivity contribution in [1.82, 2.24) is 0 Å². The molecule has 0 aromatic heterocycles. The molecule has 0 amide bonds. The maximum atomic E-state index is 5.90. The molecule has 0 saturated carbocycles. The van der Waals surface area contributed by atoms with Gasteiger partial charge in [-0.2, -0.15) is 0 Å². The monoisotopic (exact) mass is 510 g/mol. The lowest BCUT2D eigenvalue weighted by Gasteiger charge is -2.28. The third-order valence-corrected chi connectivity index (χ3v) is 7.26. The summed E-state index contributed by atoms with van der Waals surface area (Å²) in [6, 6.07) is 26.0. The third kappa shape index (κ3) is 9.22. The van der Waals surface area contributed by atoms with Crippen molar-refractivity contribution in [3.8, 4) is 5.75 Å². The summed E-state index contributed by atoms with van der Waals surface area (Å²) in [5, 5.41) is 0. The van der Waals surface area contributed by atoms with E-state index in [1.165, 1.54) is 27.8 Å². The predicted molar refractivity (Wildman–Crippen MR) is 157 cm³/mol. The Bertz CT molecular complexity index is 1170. The molecule has 3 aromatic rings. The van der Waals surface area contributed by atoms with E-state index in [0.717, 1.165) is 43.6 Å². The summed E-state index contributed by atoms with van der Waals surface area (Å²) >= 11 is 0. The SMILES string of the molecule is Cc1ccc(CCc2ccc(OCCOCCOC3=CCC(C)(CCc4ccc(C)cc4)C=C3)cc2)cc1. The quantitative estimate of drug-likeness (QED) is 0.206. The predicted octanol–water partition coefficient (Wildman–Crippen LogP) is 7.98. The lowest BCUT2D eigenvalue weighted by atomic mass is 9.78. The molecule has 0 N–H and O–H groups in total. The number of allylic oxidation sites excluding steroid dienone is 3. The minimum atomic E-state index is 0.185. The van der Waals surface area contributed by atoms with Gasteiger partial charge in [-0.3, -0.25) is 0 Å². The zero-order valence-corrected chi connectivity index (χ0v) is 23.2. The van der Waals surface area contributed by atoms with Gasteiger partial charge in [0.25, 0.3) is 0 Å². The highest BCUT2D eigenvalue weighted by atomic mass is 16.5. The molecule has 1 unspecified atom stereocenters. The topological polar surface area (TPSA) is 27.7 Å². The van der Waals surface area contributed by atoms with E-state index in [1.807, 2.05) is 12.1 Å². The zero-order chi connectivity index (χ0) is 26.6. The summed E-state index contributed by atoms with van der Waals surface area (Å²) in [7, 11) is 0. The summed E-state index contributed by atoms with van der Waals surface area (Å²) in [6.07, 6.45) is 12.0. The first-order valence-corrected chi connectivity index (χ1v) is 13.9. The highest BCUT2D eigenvalue weighted by molar-refractivity contribution is 5.29. The van der Waals surface area contributed by atoms with Crippen LogP contribution < -0.4 is 4.74 Å². The molecule has 0 bridgehead atoms. The number of rotatable bonds is 14. The second-order valence-electron chi connectivity index (χ2n) is 10.7. The van der Waals surface area contributed by atoms with Crippen LogP contribution in [0.4, 0.5) is 0 Å². The van der Waals surface area contributed by atoms with E-state index in [1.54, 1.807) is 0 Å². The van der Waals surface area contributed by atoms with Crippen LogP contribution in [0.5, 0.6) is 5.75 Å². The van der Waals surface area contributed by atoms with Gasteiger partial charge in [-0.05, 0) is 92.3 Å². The first-order valence-electron chi connectivity index (χ1n) is 13.9. The van der Waals surface area contributed by atoms with Crippen LogP contribution in [0.1, 0.15) is 47.6 Å². The largest absolute Gasteiger partial charge is 0.492 e. The fourth-order valence-electron chi connectivity index (χ4n) is 4.56. The van der Waals surface area contributed by atoms with E-state index in [2.05, 4.69) is 99.7 Å². The van der Waals surface area contributed by atoms with Gasteiger partial charge in [0.1, 0.15) is 24.7 Å². The Balaban J connectivity index is 1.04. The Morgan fingerprint density at radius 2 is 1.16 bits per heavy atom. The van der Waals surface area contributed by atoms with Gasteiger partial charge in [0, 0.05) is 0 Å². The van der Waals surface area contributed by atoms with Gasteiger partial charge in [0.05, 0.1) is 13.2 Å². The molecule has 1 aliphatic carbocycles. The second kappa shape index (κ2) is 14.0. The Hall–Kier alpha value is -3.30. The van der Waals surface area contributed by atoms with E-state index in [9.17, 15) is 0 Å². The van der Waals surface area contributed by atoms with E-state index in [-0.39, 0.29) is 5.41 Å². The number of benzene rings is 3. The molecule has 0 heterocycles. The highest BCUT2D eigenvalue weighted by Gasteiger charge is 2.22. The minimum Gasteiger partial charge on any atom is -0.492 e. The number of aryl methyl sites for hydroxylation is 5. The van der Waals surface area contributed by atoms with E-state index < -0.39 is 0 Å². The summed E-state index contributed by atoms with van der Waals surface area (Å²) in [4.78, 5) is 0. The zero-order valence-electron chi connectivity index (χ0n) is 23.2. The summed E-state index contributed by atoms with van der Waals surface area (Å²) < 4.78 is 17.4. The molecule has 3 aromatic carbocycles. The van der Waals surface area contributed by atoms with Crippen LogP contribution in [-0.2, 0) is 28.7 Å². The lowest BCUT2D eigenvalue weighted by molar-refractivity contribution is 0.0600. The molecule has 1 aliphatic rings. The van der Waals surface area contributed by atoms with Crippen LogP contribution in [0.15, 0.2) is 96.8 Å². The molecule has 0 aliphatic heterocycles.